The van der Waals surface area contributed by atoms with Crippen LogP contribution < -0.4 is 5.32 Å². The third kappa shape index (κ3) is 3.56. The highest BCUT2D eigenvalue weighted by Gasteiger charge is 2.31. The van der Waals surface area contributed by atoms with E-state index in [0.29, 0.717) is 6.04 Å². The number of nitrogens with zero attached hydrogens (tertiary/aromatic N) is 1. The van der Waals surface area contributed by atoms with E-state index in [4.69, 9.17) is 0 Å². The van der Waals surface area contributed by atoms with E-state index in [-0.39, 0.29) is 5.54 Å². The molecular weight excluding hydrogens is 220 g/mol. The predicted molar refractivity (Wildman–Crippen MR) is 77.9 cm³/mol. The van der Waals surface area contributed by atoms with Crippen LogP contribution in [-0.2, 0) is 6.42 Å². The molecule has 0 radical (unpaired) electrons. The van der Waals surface area contributed by atoms with E-state index in [1.165, 1.54) is 18.5 Å². The lowest BCUT2D eigenvalue weighted by Crippen LogP contribution is -2.62. The lowest BCUT2D eigenvalue weighted by atomic mass is 9.95. The number of nitrogens with one attached hydrogen (secondary N) is 1. The zero-order chi connectivity index (χ0) is 13.0. The van der Waals surface area contributed by atoms with Crippen molar-refractivity contribution in [3.8, 4) is 0 Å². The molecule has 0 aromatic heterocycles. The average molecular weight is 246 g/mol. The maximum absolute atomic E-state index is 3.68. The summed E-state index contributed by atoms with van der Waals surface area (Å²) in [6.07, 6.45) is 2.39. The topological polar surface area (TPSA) is 15.3 Å². The zero-order valence-corrected chi connectivity index (χ0v) is 11.9. The van der Waals surface area contributed by atoms with Crippen molar-refractivity contribution < 1.29 is 0 Å². The lowest BCUT2D eigenvalue weighted by Gasteiger charge is -2.44. The fourth-order valence-electron chi connectivity index (χ4n) is 2.85. The second kappa shape index (κ2) is 5.85. The maximum Gasteiger partial charge on any atom is 0.0261 e. The first kappa shape index (κ1) is 13.6. The quantitative estimate of drug-likeness (QED) is 0.878. The Balaban J connectivity index is 2.02. The number of benzene rings is 1. The van der Waals surface area contributed by atoms with Gasteiger partial charge in [0.2, 0.25) is 0 Å². The van der Waals surface area contributed by atoms with Crippen molar-refractivity contribution >= 4 is 0 Å². The third-order valence-corrected chi connectivity index (χ3v) is 3.76. The number of hydrogen-bond acceptors (Lipinski definition) is 2. The van der Waals surface area contributed by atoms with Crippen LogP contribution in [0.5, 0.6) is 0 Å². The average Bonchev–Trinajstić information content (AvgIpc) is 2.34. The Bertz CT molecular complexity index is 359. The van der Waals surface area contributed by atoms with Crippen molar-refractivity contribution in [3.63, 3.8) is 0 Å². The molecule has 18 heavy (non-hydrogen) atoms. The summed E-state index contributed by atoms with van der Waals surface area (Å²) in [6, 6.07) is 11.5. The van der Waals surface area contributed by atoms with Crippen LogP contribution in [0.25, 0.3) is 0 Å². The number of hydrogen-bond donors (Lipinski definition) is 1. The molecule has 1 unspecified atom stereocenters. The van der Waals surface area contributed by atoms with Crippen molar-refractivity contribution in [1.29, 1.82) is 0 Å². The first-order chi connectivity index (χ1) is 8.61. The van der Waals surface area contributed by atoms with Gasteiger partial charge in [0.15, 0.2) is 0 Å². The molecule has 0 bridgehead atoms. The van der Waals surface area contributed by atoms with E-state index in [9.17, 15) is 0 Å². The molecule has 1 saturated heterocycles. The first-order valence-corrected chi connectivity index (χ1v) is 7.14. The van der Waals surface area contributed by atoms with Crippen LogP contribution in [0.3, 0.4) is 0 Å². The summed E-state index contributed by atoms with van der Waals surface area (Å²) < 4.78 is 0. The summed E-state index contributed by atoms with van der Waals surface area (Å²) >= 11 is 0. The largest absolute Gasteiger partial charge is 0.309 e. The Kier molecular flexibility index (Phi) is 4.41. The Hall–Kier alpha value is -0.860. The van der Waals surface area contributed by atoms with Crippen molar-refractivity contribution in [3.05, 3.63) is 35.9 Å². The third-order valence-electron chi connectivity index (χ3n) is 3.76. The van der Waals surface area contributed by atoms with Crippen LogP contribution in [0, 0.1) is 0 Å². The summed E-state index contributed by atoms with van der Waals surface area (Å²) in [5, 5.41) is 3.68. The van der Waals surface area contributed by atoms with Gasteiger partial charge in [-0.25, -0.2) is 0 Å². The molecule has 1 aromatic rings. The lowest BCUT2D eigenvalue weighted by molar-refractivity contribution is 0.0951. The molecule has 2 rings (SSSR count). The van der Waals surface area contributed by atoms with E-state index in [2.05, 4.69) is 61.3 Å². The van der Waals surface area contributed by atoms with Gasteiger partial charge < -0.3 is 5.32 Å². The minimum atomic E-state index is 0.252. The van der Waals surface area contributed by atoms with Gasteiger partial charge in [0.05, 0.1) is 0 Å². The number of rotatable bonds is 4. The molecule has 0 aliphatic carbocycles. The van der Waals surface area contributed by atoms with Crippen molar-refractivity contribution in [2.24, 2.45) is 0 Å². The van der Waals surface area contributed by atoms with Gasteiger partial charge in [-0.05, 0) is 38.8 Å². The Morgan fingerprint density at radius 1 is 1.28 bits per heavy atom. The zero-order valence-electron chi connectivity index (χ0n) is 11.9. The van der Waals surface area contributed by atoms with E-state index < -0.39 is 0 Å². The molecule has 1 atom stereocenters. The molecule has 100 valence electrons. The van der Waals surface area contributed by atoms with Crippen LogP contribution >= 0.6 is 0 Å². The number of piperazine rings is 1. The van der Waals surface area contributed by atoms with Crippen molar-refractivity contribution in [2.75, 3.05) is 19.6 Å². The van der Waals surface area contributed by atoms with Crippen molar-refractivity contribution in [1.82, 2.24) is 10.2 Å². The highest BCUT2D eigenvalue weighted by atomic mass is 15.2. The van der Waals surface area contributed by atoms with Gasteiger partial charge in [-0.15, -0.1) is 0 Å². The molecule has 1 aliphatic heterocycles. The highest BCUT2D eigenvalue weighted by Crippen LogP contribution is 2.18. The molecule has 0 saturated carbocycles. The molecule has 1 aromatic carbocycles. The van der Waals surface area contributed by atoms with Gasteiger partial charge in [-0.3, -0.25) is 4.90 Å². The molecule has 1 heterocycles. The molecule has 0 amide bonds. The van der Waals surface area contributed by atoms with E-state index in [1.54, 1.807) is 0 Å². The van der Waals surface area contributed by atoms with E-state index >= 15 is 0 Å². The molecule has 0 spiro atoms. The Morgan fingerprint density at radius 3 is 2.67 bits per heavy atom. The fraction of sp³-hybridized carbons (Fsp3) is 0.625. The second-order valence-corrected chi connectivity index (χ2v) is 6.08. The van der Waals surface area contributed by atoms with E-state index in [0.717, 1.165) is 19.5 Å². The molecule has 1 fully saturated rings. The van der Waals surface area contributed by atoms with Crippen LogP contribution in [0.2, 0.25) is 0 Å². The van der Waals surface area contributed by atoms with Crippen LogP contribution in [0.15, 0.2) is 30.3 Å². The van der Waals surface area contributed by atoms with Gasteiger partial charge >= 0.3 is 0 Å². The summed E-state index contributed by atoms with van der Waals surface area (Å²) in [6.45, 7) is 10.3. The van der Waals surface area contributed by atoms with Crippen LogP contribution in [0.1, 0.15) is 32.8 Å². The van der Waals surface area contributed by atoms with Crippen molar-refractivity contribution in [2.45, 2.75) is 45.2 Å². The summed E-state index contributed by atoms with van der Waals surface area (Å²) in [5.41, 5.74) is 1.70. The van der Waals surface area contributed by atoms with Gasteiger partial charge in [0.1, 0.15) is 0 Å². The minimum Gasteiger partial charge on any atom is -0.309 e. The highest BCUT2D eigenvalue weighted by molar-refractivity contribution is 5.16. The van der Waals surface area contributed by atoms with Gasteiger partial charge in [0.25, 0.3) is 0 Å². The Morgan fingerprint density at radius 2 is 2.00 bits per heavy atom. The monoisotopic (exact) mass is 246 g/mol. The molecule has 2 nitrogen and oxygen atoms in total. The van der Waals surface area contributed by atoms with E-state index in [1.807, 2.05) is 0 Å². The van der Waals surface area contributed by atoms with Gasteiger partial charge in [-0.2, -0.15) is 0 Å². The molecule has 1 N–H and O–H groups in total. The summed E-state index contributed by atoms with van der Waals surface area (Å²) in [5.74, 6) is 0. The Labute approximate surface area is 111 Å². The van der Waals surface area contributed by atoms with Crippen LogP contribution in [-0.4, -0.2) is 36.1 Å². The molecule has 1 aliphatic rings. The van der Waals surface area contributed by atoms with Gasteiger partial charge in [-0.1, -0.05) is 37.3 Å². The molecule has 2 heteroatoms. The summed E-state index contributed by atoms with van der Waals surface area (Å²) in [7, 11) is 0. The van der Waals surface area contributed by atoms with Crippen LogP contribution in [0.4, 0.5) is 0 Å². The summed E-state index contributed by atoms with van der Waals surface area (Å²) in [4.78, 5) is 2.66. The predicted octanol–water partition coefficient (Wildman–Crippen LogP) is 2.69. The normalized spacial score (nSPS) is 24.1. The molecular formula is C16H26N2. The minimum absolute atomic E-state index is 0.252. The second-order valence-electron chi connectivity index (χ2n) is 6.08. The smallest absolute Gasteiger partial charge is 0.0261 e. The maximum atomic E-state index is 3.68. The standard InChI is InChI=1S/C16H26N2/c1-4-10-18-13-16(2,3)17-12-15(18)11-14-8-6-5-7-9-14/h5-9,15,17H,4,10-13H2,1-3H3. The fourth-order valence-corrected chi connectivity index (χ4v) is 2.85. The first-order valence-electron chi connectivity index (χ1n) is 7.14. The van der Waals surface area contributed by atoms with Gasteiger partial charge in [0, 0.05) is 24.7 Å². The SMILES string of the molecule is CCCN1CC(C)(C)NCC1Cc1ccccc1.